The molecule has 0 aliphatic heterocycles. The minimum atomic E-state index is -1.61. The summed E-state index contributed by atoms with van der Waals surface area (Å²) in [5.74, 6) is -4.97. The van der Waals surface area contributed by atoms with Gasteiger partial charge in [0.15, 0.2) is 17.5 Å². The topological polar surface area (TPSA) is 46.2 Å². The molecule has 0 radical (unpaired) electrons. The Kier molecular flexibility index (Phi) is 4.68. The van der Waals surface area contributed by atoms with Crippen LogP contribution in [-0.2, 0) is 10.8 Å². The van der Waals surface area contributed by atoms with E-state index in [2.05, 4.69) is 5.32 Å². The quantitative estimate of drug-likeness (QED) is 0.832. The molecule has 1 unspecified atom stereocenters. The summed E-state index contributed by atoms with van der Waals surface area (Å²) >= 11 is 0. The molecule has 0 aliphatic rings. The van der Waals surface area contributed by atoms with Crippen molar-refractivity contribution < 1.29 is 22.2 Å². The maximum atomic E-state index is 12.8. The van der Waals surface area contributed by atoms with Gasteiger partial charge < -0.3 is 5.32 Å². The first kappa shape index (κ1) is 13.7. The average molecular weight is 265 g/mol. The molecule has 0 aromatic heterocycles. The van der Waals surface area contributed by atoms with Crippen molar-refractivity contribution in [1.82, 2.24) is 5.32 Å². The van der Waals surface area contributed by atoms with E-state index in [-0.39, 0.29) is 17.9 Å². The molecule has 17 heavy (non-hydrogen) atoms. The van der Waals surface area contributed by atoms with E-state index >= 15 is 0 Å². The molecule has 0 aliphatic carbocycles. The van der Waals surface area contributed by atoms with E-state index in [4.69, 9.17) is 0 Å². The van der Waals surface area contributed by atoms with Gasteiger partial charge in [0.1, 0.15) is 0 Å². The van der Waals surface area contributed by atoms with Gasteiger partial charge in [0.05, 0.1) is 0 Å². The number of halogens is 3. The molecular weight excluding hydrogens is 255 g/mol. The zero-order valence-corrected chi connectivity index (χ0v) is 9.74. The van der Waals surface area contributed by atoms with Gasteiger partial charge in [0.2, 0.25) is 0 Å². The Balaban J connectivity index is 2.73. The van der Waals surface area contributed by atoms with E-state index in [1.54, 1.807) is 0 Å². The van der Waals surface area contributed by atoms with Crippen LogP contribution in [0.25, 0.3) is 0 Å². The van der Waals surface area contributed by atoms with Crippen LogP contribution in [0, 0.1) is 17.5 Å². The second-order valence-electron chi connectivity index (χ2n) is 3.29. The highest BCUT2D eigenvalue weighted by molar-refractivity contribution is 7.84. The van der Waals surface area contributed by atoms with Crippen LogP contribution in [0.1, 0.15) is 10.4 Å². The summed E-state index contributed by atoms with van der Waals surface area (Å²) in [7, 11) is -1.07. The Morgan fingerprint density at radius 1 is 1.29 bits per heavy atom. The van der Waals surface area contributed by atoms with Crippen LogP contribution < -0.4 is 5.32 Å². The molecule has 1 atom stereocenters. The lowest BCUT2D eigenvalue weighted by Crippen LogP contribution is -2.27. The second-order valence-corrected chi connectivity index (χ2v) is 4.84. The summed E-state index contributed by atoms with van der Waals surface area (Å²) in [6, 6.07) is 1.22. The summed E-state index contributed by atoms with van der Waals surface area (Å²) in [6.45, 7) is 0.114. The highest BCUT2D eigenvalue weighted by Crippen LogP contribution is 2.13. The van der Waals surface area contributed by atoms with Crippen LogP contribution in [0.3, 0.4) is 0 Å². The van der Waals surface area contributed by atoms with Crippen LogP contribution in [-0.4, -0.2) is 28.7 Å². The molecular formula is C10H10F3NO2S. The lowest BCUT2D eigenvalue weighted by atomic mass is 10.2. The Hall–Kier alpha value is -1.37. The standard InChI is InChI=1S/C10H10F3NO2S/c1-17(16)3-2-14-10(15)6-4-7(11)9(13)8(12)5-6/h4-5H,2-3H2,1H3,(H,14,15). The van der Waals surface area contributed by atoms with E-state index in [1.807, 2.05) is 0 Å². The smallest absolute Gasteiger partial charge is 0.251 e. The van der Waals surface area contributed by atoms with Crippen LogP contribution >= 0.6 is 0 Å². The lowest BCUT2D eigenvalue weighted by molar-refractivity contribution is 0.0955. The van der Waals surface area contributed by atoms with E-state index in [0.29, 0.717) is 12.1 Å². The molecule has 0 heterocycles. The molecule has 0 saturated carbocycles. The zero-order chi connectivity index (χ0) is 13.0. The second kappa shape index (κ2) is 5.81. The minimum Gasteiger partial charge on any atom is -0.351 e. The van der Waals surface area contributed by atoms with Gasteiger partial charge in [0, 0.05) is 34.9 Å². The fourth-order valence-corrected chi connectivity index (χ4v) is 1.49. The van der Waals surface area contributed by atoms with Gasteiger partial charge in [-0.05, 0) is 12.1 Å². The van der Waals surface area contributed by atoms with Crippen molar-refractivity contribution in [3.63, 3.8) is 0 Å². The van der Waals surface area contributed by atoms with E-state index < -0.39 is 34.2 Å². The number of carbonyl (C=O) groups is 1. The molecule has 0 spiro atoms. The highest BCUT2D eigenvalue weighted by Gasteiger charge is 2.14. The first-order chi connectivity index (χ1) is 7.91. The average Bonchev–Trinajstić information content (AvgIpc) is 2.24. The summed E-state index contributed by atoms with van der Waals surface area (Å²) in [4.78, 5) is 11.4. The fraction of sp³-hybridized carbons (Fsp3) is 0.300. The van der Waals surface area contributed by atoms with Gasteiger partial charge in [0.25, 0.3) is 5.91 Å². The van der Waals surface area contributed by atoms with Crippen LogP contribution in [0.4, 0.5) is 13.2 Å². The third-order valence-corrected chi connectivity index (χ3v) is 2.70. The number of amides is 1. The largest absolute Gasteiger partial charge is 0.351 e. The number of rotatable bonds is 4. The number of hydrogen-bond acceptors (Lipinski definition) is 2. The molecule has 7 heteroatoms. The van der Waals surface area contributed by atoms with Crippen molar-refractivity contribution in [2.24, 2.45) is 0 Å². The Morgan fingerprint density at radius 3 is 2.29 bits per heavy atom. The minimum absolute atomic E-state index is 0.114. The molecule has 94 valence electrons. The summed E-state index contributed by atoms with van der Waals surface area (Å²) in [5.41, 5.74) is -0.316. The predicted octanol–water partition coefficient (Wildman–Crippen LogP) is 1.21. The first-order valence-electron chi connectivity index (χ1n) is 4.64. The number of benzene rings is 1. The van der Waals surface area contributed by atoms with Gasteiger partial charge in [-0.1, -0.05) is 0 Å². The molecule has 1 amide bonds. The molecule has 1 rings (SSSR count). The Morgan fingerprint density at radius 2 is 1.82 bits per heavy atom. The van der Waals surface area contributed by atoms with Gasteiger partial charge in [-0.25, -0.2) is 13.2 Å². The van der Waals surface area contributed by atoms with E-state index in [9.17, 15) is 22.2 Å². The van der Waals surface area contributed by atoms with Crippen LogP contribution in [0.2, 0.25) is 0 Å². The van der Waals surface area contributed by atoms with Crippen LogP contribution in [0.15, 0.2) is 12.1 Å². The molecule has 1 aromatic carbocycles. The monoisotopic (exact) mass is 265 g/mol. The Labute approximate surface area is 98.5 Å². The maximum Gasteiger partial charge on any atom is 0.251 e. The Bertz CT molecular complexity index is 442. The number of nitrogens with one attached hydrogen (secondary N) is 1. The summed E-state index contributed by atoms with van der Waals surface area (Å²) in [5, 5.41) is 2.32. The maximum absolute atomic E-state index is 12.8. The molecule has 3 nitrogen and oxygen atoms in total. The molecule has 0 bridgehead atoms. The normalized spacial score (nSPS) is 12.2. The van der Waals surface area contributed by atoms with Gasteiger partial charge in [-0.15, -0.1) is 0 Å². The van der Waals surface area contributed by atoms with Crippen molar-refractivity contribution in [3.8, 4) is 0 Å². The van der Waals surface area contributed by atoms with Gasteiger partial charge >= 0.3 is 0 Å². The zero-order valence-electron chi connectivity index (χ0n) is 8.93. The third kappa shape index (κ3) is 3.85. The van der Waals surface area contributed by atoms with Crippen LogP contribution in [0.5, 0.6) is 0 Å². The lowest BCUT2D eigenvalue weighted by Gasteiger charge is -2.05. The van der Waals surface area contributed by atoms with Crippen molar-refractivity contribution in [3.05, 3.63) is 35.1 Å². The van der Waals surface area contributed by atoms with E-state index in [0.717, 1.165) is 0 Å². The molecule has 0 saturated heterocycles. The SMILES string of the molecule is CS(=O)CCNC(=O)c1cc(F)c(F)c(F)c1. The molecule has 1 N–H and O–H groups in total. The number of carbonyl (C=O) groups excluding carboxylic acids is 1. The summed E-state index contributed by atoms with van der Waals surface area (Å²) in [6.07, 6.45) is 1.46. The first-order valence-corrected chi connectivity index (χ1v) is 6.37. The third-order valence-electron chi connectivity index (χ3n) is 1.92. The van der Waals surface area contributed by atoms with Gasteiger partial charge in [-0.3, -0.25) is 9.00 Å². The predicted molar refractivity (Wildman–Crippen MR) is 57.6 cm³/mol. The van der Waals surface area contributed by atoms with Crippen molar-refractivity contribution >= 4 is 16.7 Å². The van der Waals surface area contributed by atoms with Gasteiger partial charge in [-0.2, -0.15) is 0 Å². The molecule has 1 aromatic rings. The summed E-state index contributed by atoms with van der Waals surface area (Å²) < 4.78 is 48.9. The number of hydrogen-bond donors (Lipinski definition) is 1. The molecule has 0 fully saturated rings. The van der Waals surface area contributed by atoms with Crippen molar-refractivity contribution in [2.75, 3.05) is 18.6 Å². The van der Waals surface area contributed by atoms with Crippen molar-refractivity contribution in [1.29, 1.82) is 0 Å². The van der Waals surface area contributed by atoms with Crippen molar-refractivity contribution in [2.45, 2.75) is 0 Å². The highest BCUT2D eigenvalue weighted by atomic mass is 32.2. The van der Waals surface area contributed by atoms with E-state index in [1.165, 1.54) is 6.26 Å². The fourth-order valence-electron chi connectivity index (χ4n) is 1.10.